The molecule has 10 atom stereocenters. The van der Waals surface area contributed by atoms with Crippen molar-refractivity contribution < 1.29 is 10.2 Å². The number of hydrogen-bond acceptors (Lipinski definition) is 3. The third kappa shape index (κ3) is 3.02. The lowest BCUT2D eigenvalue weighted by Crippen LogP contribution is -2.50. The van der Waals surface area contributed by atoms with Crippen molar-refractivity contribution in [3.8, 4) is 0 Å². The Labute approximate surface area is 183 Å². The van der Waals surface area contributed by atoms with Crippen LogP contribution in [0.1, 0.15) is 79.1 Å². The molecule has 1 unspecified atom stereocenters. The van der Waals surface area contributed by atoms with Crippen molar-refractivity contribution in [2.45, 2.75) is 97.3 Å². The molecule has 3 heteroatoms. The van der Waals surface area contributed by atoms with Crippen molar-refractivity contribution >= 4 is 0 Å². The van der Waals surface area contributed by atoms with Gasteiger partial charge >= 0.3 is 0 Å². The summed E-state index contributed by atoms with van der Waals surface area (Å²) in [5.41, 5.74) is 3.26. The van der Waals surface area contributed by atoms with Gasteiger partial charge in [-0.1, -0.05) is 51.0 Å². The molecular formula is C27H43NO2. The molecule has 5 aliphatic rings. The SMILES string of the molecule is CC1CC[C@@H]([C@@H](C)[C@@]2(C)C3=CC[C@H]4[C@@H](CC=C5C[C@@H](O)CC[C@@]54C)[C@@H]3C[C@@H]2O)NC1. The van der Waals surface area contributed by atoms with E-state index in [-0.39, 0.29) is 23.0 Å². The molecule has 1 heterocycles. The highest BCUT2D eigenvalue weighted by Gasteiger charge is 2.58. The summed E-state index contributed by atoms with van der Waals surface area (Å²) in [5.74, 6) is 3.11. The Balaban J connectivity index is 1.42. The van der Waals surface area contributed by atoms with E-state index in [1.807, 2.05) is 0 Å². The first-order valence-electron chi connectivity index (χ1n) is 12.7. The highest BCUT2D eigenvalue weighted by Crippen LogP contribution is 2.64. The number of fused-ring (bicyclic) bond motifs is 5. The molecule has 3 N–H and O–H groups in total. The van der Waals surface area contributed by atoms with E-state index < -0.39 is 0 Å². The van der Waals surface area contributed by atoms with Gasteiger partial charge in [-0.2, -0.15) is 0 Å². The summed E-state index contributed by atoms with van der Waals surface area (Å²) in [4.78, 5) is 0. The molecule has 2 saturated carbocycles. The van der Waals surface area contributed by atoms with Crippen LogP contribution in [0.5, 0.6) is 0 Å². The van der Waals surface area contributed by atoms with Crippen LogP contribution in [0.2, 0.25) is 0 Å². The number of hydrogen-bond donors (Lipinski definition) is 3. The summed E-state index contributed by atoms with van der Waals surface area (Å²) in [6.45, 7) is 10.7. The second-order valence-corrected chi connectivity index (χ2v) is 12.1. The van der Waals surface area contributed by atoms with Gasteiger partial charge in [-0.05, 0) is 92.9 Å². The van der Waals surface area contributed by atoms with Crippen LogP contribution in [0.15, 0.2) is 23.3 Å². The second kappa shape index (κ2) is 7.46. The van der Waals surface area contributed by atoms with E-state index in [9.17, 15) is 10.2 Å². The van der Waals surface area contributed by atoms with Crippen LogP contribution in [0.3, 0.4) is 0 Å². The molecule has 3 fully saturated rings. The Morgan fingerprint density at radius 3 is 2.63 bits per heavy atom. The van der Waals surface area contributed by atoms with E-state index in [0.29, 0.717) is 29.7 Å². The first kappa shape index (κ1) is 21.2. The summed E-state index contributed by atoms with van der Waals surface area (Å²) in [7, 11) is 0. The van der Waals surface area contributed by atoms with Crippen LogP contribution in [-0.4, -0.2) is 35.0 Å². The highest BCUT2D eigenvalue weighted by atomic mass is 16.3. The molecule has 168 valence electrons. The van der Waals surface area contributed by atoms with E-state index in [4.69, 9.17) is 0 Å². The molecule has 0 bridgehead atoms. The normalized spacial score (nSPS) is 51.9. The van der Waals surface area contributed by atoms with Crippen molar-refractivity contribution in [2.24, 2.45) is 40.4 Å². The highest BCUT2D eigenvalue weighted by molar-refractivity contribution is 5.34. The Morgan fingerprint density at radius 1 is 1.10 bits per heavy atom. The molecule has 0 aromatic carbocycles. The molecular weight excluding hydrogens is 370 g/mol. The molecule has 0 radical (unpaired) electrons. The van der Waals surface area contributed by atoms with Gasteiger partial charge in [0.1, 0.15) is 0 Å². The lowest BCUT2D eigenvalue weighted by molar-refractivity contribution is 0.0253. The Morgan fingerprint density at radius 2 is 1.90 bits per heavy atom. The molecule has 0 aromatic rings. The van der Waals surface area contributed by atoms with Crippen LogP contribution >= 0.6 is 0 Å². The Hall–Kier alpha value is -0.640. The minimum atomic E-state index is -0.227. The van der Waals surface area contributed by atoms with Crippen LogP contribution in [0.25, 0.3) is 0 Å². The van der Waals surface area contributed by atoms with Crippen LogP contribution in [0.4, 0.5) is 0 Å². The first-order valence-corrected chi connectivity index (χ1v) is 12.7. The van der Waals surface area contributed by atoms with E-state index in [2.05, 4.69) is 45.2 Å². The maximum atomic E-state index is 11.4. The first-order chi connectivity index (χ1) is 14.2. The van der Waals surface area contributed by atoms with Crippen molar-refractivity contribution in [1.82, 2.24) is 5.32 Å². The molecule has 0 spiro atoms. The fourth-order valence-corrected chi connectivity index (χ4v) is 8.42. The summed E-state index contributed by atoms with van der Waals surface area (Å²) in [5, 5.41) is 25.5. The lowest BCUT2D eigenvalue weighted by Gasteiger charge is -2.54. The number of aliphatic hydroxyl groups excluding tert-OH is 2. The fourth-order valence-electron chi connectivity index (χ4n) is 8.42. The van der Waals surface area contributed by atoms with Gasteiger partial charge in [0, 0.05) is 11.5 Å². The maximum absolute atomic E-state index is 11.4. The molecule has 0 amide bonds. The molecule has 4 aliphatic carbocycles. The van der Waals surface area contributed by atoms with Crippen molar-refractivity contribution in [2.75, 3.05) is 6.54 Å². The van der Waals surface area contributed by atoms with Crippen molar-refractivity contribution in [3.05, 3.63) is 23.3 Å². The molecule has 1 saturated heterocycles. The predicted molar refractivity (Wildman–Crippen MR) is 122 cm³/mol. The standard InChI is InChI=1S/C27H43NO2/c1-16-5-10-24(28-15-16)17(2)27(4)23-9-8-22-20(21(23)14-25(27)30)7-6-18-13-19(29)11-12-26(18,22)3/h6,9,16-17,19-22,24-25,28-30H,5,7-8,10-15H2,1-4H3/t16?,17-,19+,20+,21+,22+,24+,25+,26+,27+/m1/s1. The van der Waals surface area contributed by atoms with E-state index in [1.54, 1.807) is 5.57 Å². The number of nitrogens with one attached hydrogen (secondary N) is 1. The third-order valence-electron chi connectivity index (χ3n) is 10.7. The van der Waals surface area contributed by atoms with Gasteiger partial charge in [-0.3, -0.25) is 0 Å². The number of allylic oxidation sites excluding steroid dienone is 2. The fraction of sp³-hybridized carbons (Fsp3) is 0.852. The zero-order valence-corrected chi connectivity index (χ0v) is 19.5. The zero-order chi connectivity index (χ0) is 21.3. The van der Waals surface area contributed by atoms with Gasteiger partial charge in [0.15, 0.2) is 0 Å². The van der Waals surface area contributed by atoms with Crippen LogP contribution < -0.4 is 5.32 Å². The van der Waals surface area contributed by atoms with Crippen molar-refractivity contribution in [1.29, 1.82) is 0 Å². The zero-order valence-electron chi connectivity index (χ0n) is 19.5. The molecule has 3 nitrogen and oxygen atoms in total. The van der Waals surface area contributed by atoms with Crippen LogP contribution in [0, 0.1) is 40.4 Å². The average Bonchev–Trinajstić information content (AvgIpc) is 3.00. The summed E-state index contributed by atoms with van der Waals surface area (Å²) >= 11 is 0. The van der Waals surface area contributed by atoms with Crippen molar-refractivity contribution in [3.63, 3.8) is 0 Å². The summed E-state index contributed by atoms with van der Waals surface area (Å²) in [6, 6.07) is 0.522. The topological polar surface area (TPSA) is 52.5 Å². The van der Waals surface area contributed by atoms with Gasteiger partial charge in [0.25, 0.3) is 0 Å². The Bertz CT molecular complexity index is 735. The minimum absolute atomic E-state index is 0.0957. The second-order valence-electron chi connectivity index (χ2n) is 12.1. The third-order valence-corrected chi connectivity index (χ3v) is 10.7. The average molecular weight is 414 g/mol. The van der Waals surface area contributed by atoms with E-state index in [0.717, 1.165) is 51.0 Å². The van der Waals surface area contributed by atoms with Gasteiger partial charge < -0.3 is 15.5 Å². The minimum Gasteiger partial charge on any atom is -0.393 e. The summed E-state index contributed by atoms with van der Waals surface area (Å²) in [6.07, 6.45) is 13.4. The Kier molecular flexibility index (Phi) is 5.27. The van der Waals surface area contributed by atoms with Gasteiger partial charge in [-0.25, -0.2) is 0 Å². The predicted octanol–water partition coefficient (Wildman–Crippen LogP) is 4.84. The van der Waals surface area contributed by atoms with Gasteiger partial charge in [-0.15, -0.1) is 0 Å². The molecule has 0 aromatic heterocycles. The summed E-state index contributed by atoms with van der Waals surface area (Å²) < 4.78 is 0. The van der Waals surface area contributed by atoms with Crippen LogP contribution in [-0.2, 0) is 0 Å². The smallest absolute Gasteiger partial charge is 0.0639 e. The molecule has 30 heavy (non-hydrogen) atoms. The van der Waals surface area contributed by atoms with Gasteiger partial charge in [0.05, 0.1) is 12.2 Å². The largest absolute Gasteiger partial charge is 0.393 e. The van der Waals surface area contributed by atoms with E-state index >= 15 is 0 Å². The quantitative estimate of drug-likeness (QED) is 0.568. The monoisotopic (exact) mass is 413 g/mol. The number of piperidine rings is 1. The molecule has 5 rings (SSSR count). The van der Waals surface area contributed by atoms with Gasteiger partial charge in [0.2, 0.25) is 0 Å². The maximum Gasteiger partial charge on any atom is 0.0639 e. The lowest BCUT2D eigenvalue weighted by atomic mass is 9.51. The number of rotatable bonds is 2. The van der Waals surface area contributed by atoms with E-state index in [1.165, 1.54) is 18.4 Å². The number of aliphatic hydroxyl groups is 2. The molecule has 1 aliphatic heterocycles.